The quantitative estimate of drug-likeness (QED) is 0.470. The highest BCUT2D eigenvalue weighted by Crippen LogP contribution is 2.24. The second kappa shape index (κ2) is 12.0. The summed E-state index contributed by atoms with van der Waals surface area (Å²) in [7, 11) is 1.85. The van der Waals surface area contributed by atoms with Crippen molar-refractivity contribution in [2.75, 3.05) is 32.0 Å². The number of likely N-dealkylation sites (tertiary alicyclic amines) is 1. The van der Waals surface area contributed by atoms with E-state index in [-0.39, 0.29) is 11.7 Å². The Morgan fingerprint density at radius 1 is 1.13 bits per heavy atom. The third-order valence-electron chi connectivity index (χ3n) is 5.85. The number of likely N-dealkylation sites (N-methyl/N-ethyl adjacent to an activating group) is 1. The van der Waals surface area contributed by atoms with E-state index in [4.69, 9.17) is 0 Å². The Balaban J connectivity index is 1.43. The van der Waals surface area contributed by atoms with E-state index in [1.807, 2.05) is 43.4 Å². The minimum atomic E-state index is -0.150. The minimum absolute atomic E-state index is 0.150. The molecule has 0 saturated carbocycles. The van der Waals surface area contributed by atoms with E-state index in [9.17, 15) is 9.18 Å². The fourth-order valence-electron chi connectivity index (χ4n) is 4.05. The number of hydrogen-bond acceptors (Lipinski definition) is 3. The molecule has 166 valence electrons. The van der Waals surface area contributed by atoms with E-state index >= 15 is 0 Å². The molecule has 1 amide bonds. The Morgan fingerprint density at radius 2 is 1.87 bits per heavy atom. The molecular weight excluding hydrogens is 457 g/mol. The lowest BCUT2D eigenvalue weighted by molar-refractivity contribution is -0.112. The van der Waals surface area contributed by atoms with Gasteiger partial charge < -0.3 is 10.6 Å². The number of amides is 1. The van der Waals surface area contributed by atoms with Gasteiger partial charge in [0.2, 0.25) is 0 Å². The topological polar surface area (TPSA) is 44.4 Å². The van der Waals surface area contributed by atoms with E-state index < -0.39 is 0 Å². The van der Waals surface area contributed by atoms with Crippen molar-refractivity contribution in [3.05, 3.63) is 76.2 Å². The SMILES string of the molecule is CN/C(CN1CCC(CCCc2cccc(F)c2)CC1)=C(/Br)C(=O)Nc1ccccc1. The van der Waals surface area contributed by atoms with Crippen molar-refractivity contribution in [1.29, 1.82) is 0 Å². The number of halogens is 2. The predicted octanol–water partition coefficient (Wildman–Crippen LogP) is 5.33. The highest BCUT2D eigenvalue weighted by molar-refractivity contribution is 9.12. The summed E-state index contributed by atoms with van der Waals surface area (Å²) in [6.07, 6.45) is 5.54. The van der Waals surface area contributed by atoms with Crippen molar-refractivity contribution in [3.8, 4) is 0 Å². The van der Waals surface area contributed by atoms with Crippen molar-refractivity contribution in [1.82, 2.24) is 10.2 Å². The average Bonchev–Trinajstić information content (AvgIpc) is 2.79. The zero-order chi connectivity index (χ0) is 22.1. The van der Waals surface area contributed by atoms with E-state index in [0.717, 1.165) is 68.2 Å². The molecule has 0 bridgehead atoms. The molecule has 1 saturated heterocycles. The fraction of sp³-hybridized carbons (Fsp3) is 0.400. The fourth-order valence-corrected chi connectivity index (χ4v) is 4.47. The molecule has 2 aromatic rings. The number of benzene rings is 2. The number of piperidine rings is 1. The van der Waals surface area contributed by atoms with Gasteiger partial charge in [0.05, 0.1) is 0 Å². The van der Waals surface area contributed by atoms with Crippen LogP contribution in [0.3, 0.4) is 0 Å². The van der Waals surface area contributed by atoms with Crippen LogP contribution in [0.5, 0.6) is 0 Å². The molecular formula is C25H31BrFN3O. The third-order valence-corrected chi connectivity index (χ3v) is 6.69. The summed E-state index contributed by atoms with van der Waals surface area (Å²) < 4.78 is 13.8. The molecule has 0 aliphatic carbocycles. The first kappa shape index (κ1) is 23.5. The smallest absolute Gasteiger partial charge is 0.264 e. The summed E-state index contributed by atoms with van der Waals surface area (Å²) >= 11 is 3.48. The lowest BCUT2D eigenvalue weighted by Gasteiger charge is -2.32. The number of hydrogen-bond donors (Lipinski definition) is 2. The van der Waals surface area contributed by atoms with E-state index in [0.29, 0.717) is 4.48 Å². The van der Waals surface area contributed by atoms with Gasteiger partial charge in [0.1, 0.15) is 10.3 Å². The highest BCUT2D eigenvalue weighted by Gasteiger charge is 2.21. The number of nitrogens with zero attached hydrogens (tertiary/aromatic N) is 1. The minimum Gasteiger partial charge on any atom is -0.389 e. The maximum Gasteiger partial charge on any atom is 0.264 e. The van der Waals surface area contributed by atoms with Crippen LogP contribution in [0, 0.1) is 11.7 Å². The van der Waals surface area contributed by atoms with Crippen LogP contribution < -0.4 is 10.6 Å². The van der Waals surface area contributed by atoms with Crippen molar-refractivity contribution < 1.29 is 9.18 Å². The van der Waals surface area contributed by atoms with Gasteiger partial charge in [-0.05, 0) is 90.4 Å². The largest absolute Gasteiger partial charge is 0.389 e. The van der Waals surface area contributed by atoms with Crippen LogP contribution >= 0.6 is 15.9 Å². The van der Waals surface area contributed by atoms with Gasteiger partial charge in [0.15, 0.2) is 0 Å². The molecule has 3 rings (SSSR count). The Morgan fingerprint density at radius 3 is 2.55 bits per heavy atom. The normalized spacial score (nSPS) is 16.0. The Hall–Kier alpha value is -2.18. The number of carbonyl (C=O) groups is 1. The number of rotatable bonds is 9. The molecule has 0 unspecified atom stereocenters. The molecule has 1 heterocycles. The molecule has 4 nitrogen and oxygen atoms in total. The number of aryl methyl sites for hydroxylation is 1. The molecule has 2 aromatic carbocycles. The van der Waals surface area contributed by atoms with Crippen molar-refractivity contribution in [2.24, 2.45) is 5.92 Å². The van der Waals surface area contributed by atoms with Crippen LogP contribution in [-0.2, 0) is 11.2 Å². The lowest BCUT2D eigenvalue weighted by atomic mass is 9.90. The number of para-hydroxylation sites is 1. The highest BCUT2D eigenvalue weighted by atomic mass is 79.9. The monoisotopic (exact) mass is 487 g/mol. The summed E-state index contributed by atoms with van der Waals surface area (Å²) in [5.74, 6) is 0.419. The molecule has 31 heavy (non-hydrogen) atoms. The number of nitrogens with one attached hydrogen (secondary N) is 2. The Bertz CT molecular complexity index is 879. The van der Waals surface area contributed by atoms with Crippen molar-refractivity contribution in [2.45, 2.75) is 32.1 Å². The summed E-state index contributed by atoms with van der Waals surface area (Å²) in [4.78, 5) is 15.0. The Kier molecular flexibility index (Phi) is 9.10. The second-order valence-electron chi connectivity index (χ2n) is 8.10. The number of anilines is 1. The van der Waals surface area contributed by atoms with Gasteiger partial charge >= 0.3 is 0 Å². The van der Waals surface area contributed by atoms with Gasteiger partial charge in [-0.3, -0.25) is 9.69 Å². The summed E-state index contributed by atoms with van der Waals surface area (Å²) in [6.45, 7) is 2.77. The molecule has 0 radical (unpaired) electrons. The first-order chi connectivity index (χ1) is 15.0. The average molecular weight is 488 g/mol. The van der Waals surface area contributed by atoms with Gasteiger partial charge in [0, 0.05) is 25.0 Å². The molecule has 2 N–H and O–H groups in total. The van der Waals surface area contributed by atoms with Crippen LogP contribution in [0.2, 0.25) is 0 Å². The predicted molar refractivity (Wildman–Crippen MR) is 129 cm³/mol. The van der Waals surface area contributed by atoms with Gasteiger partial charge in [-0.15, -0.1) is 0 Å². The zero-order valence-corrected chi connectivity index (χ0v) is 19.6. The van der Waals surface area contributed by atoms with Crippen molar-refractivity contribution in [3.63, 3.8) is 0 Å². The summed E-state index contributed by atoms with van der Waals surface area (Å²) in [6, 6.07) is 16.4. The van der Waals surface area contributed by atoms with Crippen molar-refractivity contribution >= 4 is 27.5 Å². The van der Waals surface area contributed by atoms with Crippen LogP contribution in [0.15, 0.2) is 64.8 Å². The summed E-state index contributed by atoms with van der Waals surface area (Å²) in [5.41, 5.74) is 2.75. The third kappa shape index (κ3) is 7.47. The Labute approximate surface area is 193 Å². The zero-order valence-electron chi connectivity index (χ0n) is 18.0. The first-order valence-corrected chi connectivity index (χ1v) is 11.7. The van der Waals surface area contributed by atoms with Gasteiger partial charge in [-0.1, -0.05) is 36.8 Å². The van der Waals surface area contributed by atoms with Crippen LogP contribution in [0.1, 0.15) is 31.2 Å². The van der Waals surface area contributed by atoms with E-state index in [1.54, 1.807) is 12.1 Å². The second-order valence-corrected chi connectivity index (χ2v) is 8.90. The van der Waals surface area contributed by atoms with Crippen LogP contribution in [0.25, 0.3) is 0 Å². The standard InChI is InChI=1S/C25H31BrFN3O/c1-28-23(24(26)25(31)29-22-11-3-2-4-12-22)18-30-15-13-19(14-16-30)7-5-8-20-9-6-10-21(27)17-20/h2-4,6,9-12,17,19,28H,5,7-8,13-16,18H2,1H3,(H,29,31)/b24-23+. The number of carbonyl (C=O) groups excluding carboxylic acids is 1. The molecule has 1 aliphatic rings. The molecule has 6 heteroatoms. The molecule has 1 fully saturated rings. The molecule has 0 spiro atoms. The first-order valence-electron chi connectivity index (χ1n) is 10.9. The van der Waals surface area contributed by atoms with E-state index in [1.165, 1.54) is 12.5 Å². The molecule has 0 aromatic heterocycles. The van der Waals surface area contributed by atoms with E-state index in [2.05, 4.69) is 31.5 Å². The maximum absolute atomic E-state index is 13.3. The maximum atomic E-state index is 13.3. The van der Waals surface area contributed by atoms with Crippen LogP contribution in [-0.4, -0.2) is 37.5 Å². The molecule has 0 atom stereocenters. The lowest BCUT2D eigenvalue weighted by Crippen LogP contribution is -2.37. The van der Waals surface area contributed by atoms with Gasteiger partial charge in [-0.25, -0.2) is 4.39 Å². The van der Waals surface area contributed by atoms with Gasteiger partial charge in [0.25, 0.3) is 5.91 Å². The molecule has 1 aliphatic heterocycles. The summed E-state index contributed by atoms with van der Waals surface area (Å²) in [5, 5.41) is 6.10. The van der Waals surface area contributed by atoms with Crippen LogP contribution in [0.4, 0.5) is 10.1 Å². The van der Waals surface area contributed by atoms with Gasteiger partial charge in [-0.2, -0.15) is 0 Å².